The number of carbonyl (C=O) groups excluding carboxylic acids is 1. The lowest BCUT2D eigenvalue weighted by Gasteiger charge is -2.16. The van der Waals surface area contributed by atoms with Crippen LogP contribution in [0.2, 0.25) is 5.02 Å². The summed E-state index contributed by atoms with van der Waals surface area (Å²) in [6.45, 7) is 1.73. The van der Waals surface area contributed by atoms with Crippen LogP contribution in [-0.2, 0) is 6.18 Å². The Bertz CT molecular complexity index is 1710. The number of urea groups is 1. The topological polar surface area (TPSA) is 133 Å². The maximum absolute atomic E-state index is 13.3. The van der Waals surface area contributed by atoms with E-state index in [1.54, 1.807) is 43.3 Å². The van der Waals surface area contributed by atoms with Crippen LogP contribution in [0.3, 0.4) is 0 Å². The van der Waals surface area contributed by atoms with Gasteiger partial charge in [0.05, 0.1) is 40.0 Å². The van der Waals surface area contributed by atoms with Gasteiger partial charge in [0, 0.05) is 23.7 Å². The SMILES string of the molecule is Cc1ccnn1-c1ccc(C(F)(F)F)cc1NC(=O)Nc1cnc(Oc2ccc(-c3cc(Cl)cnc3N)cc2)nc1. The van der Waals surface area contributed by atoms with Crippen molar-refractivity contribution < 1.29 is 22.7 Å². The molecule has 0 spiro atoms. The highest BCUT2D eigenvalue weighted by atomic mass is 35.5. The molecule has 5 aromatic rings. The number of halogens is 4. The van der Waals surface area contributed by atoms with E-state index < -0.39 is 17.8 Å². The Morgan fingerprint density at radius 1 is 0.976 bits per heavy atom. The third kappa shape index (κ3) is 6.36. The van der Waals surface area contributed by atoms with E-state index in [0.29, 0.717) is 27.8 Å². The van der Waals surface area contributed by atoms with Crippen molar-refractivity contribution in [2.45, 2.75) is 13.1 Å². The lowest BCUT2D eigenvalue weighted by molar-refractivity contribution is -0.137. The summed E-state index contributed by atoms with van der Waals surface area (Å²) in [6.07, 6.45) is 0.938. The molecule has 2 aromatic carbocycles. The molecule has 0 bridgehead atoms. The minimum absolute atomic E-state index is 0.00182. The van der Waals surface area contributed by atoms with E-state index >= 15 is 0 Å². The molecule has 41 heavy (non-hydrogen) atoms. The van der Waals surface area contributed by atoms with Crippen LogP contribution in [0, 0.1) is 6.92 Å². The second-order valence-electron chi connectivity index (χ2n) is 8.66. The van der Waals surface area contributed by atoms with Gasteiger partial charge in [0.1, 0.15) is 11.6 Å². The number of aromatic nitrogens is 5. The molecule has 0 saturated heterocycles. The first-order valence-corrected chi connectivity index (χ1v) is 12.3. The maximum Gasteiger partial charge on any atom is 0.416 e. The predicted octanol–water partition coefficient (Wildman–Crippen LogP) is 6.72. The highest BCUT2D eigenvalue weighted by molar-refractivity contribution is 6.30. The predicted molar refractivity (Wildman–Crippen MR) is 147 cm³/mol. The first-order chi connectivity index (χ1) is 19.6. The van der Waals surface area contributed by atoms with Crippen molar-refractivity contribution in [1.29, 1.82) is 0 Å². The van der Waals surface area contributed by atoms with Gasteiger partial charge in [-0.15, -0.1) is 0 Å². The van der Waals surface area contributed by atoms with Gasteiger partial charge >= 0.3 is 18.2 Å². The summed E-state index contributed by atoms with van der Waals surface area (Å²) in [6, 6.07) is 12.5. The number of amides is 2. The van der Waals surface area contributed by atoms with E-state index in [9.17, 15) is 18.0 Å². The van der Waals surface area contributed by atoms with Crippen LogP contribution in [-0.4, -0.2) is 30.8 Å². The number of benzene rings is 2. The minimum atomic E-state index is -4.60. The number of aryl methyl sites for hydroxylation is 1. The van der Waals surface area contributed by atoms with Crippen molar-refractivity contribution in [3.8, 4) is 28.6 Å². The molecule has 208 valence electrons. The molecule has 4 N–H and O–H groups in total. The number of rotatable bonds is 6. The number of pyridine rings is 1. The summed E-state index contributed by atoms with van der Waals surface area (Å²) in [5.74, 6) is 0.770. The van der Waals surface area contributed by atoms with Crippen LogP contribution >= 0.6 is 11.6 Å². The van der Waals surface area contributed by atoms with Crippen LogP contribution in [0.15, 0.2) is 79.4 Å². The molecule has 0 aliphatic carbocycles. The zero-order chi connectivity index (χ0) is 29.1. The van der Waals surface area contributed by atoms with Gasteiger partial charge in [-0.1, -0.05) is 23.7 Å². The summed E-state index contributed by atoms with van der Waals surface area (Å²) in [5.41, 5.74) is 7.47. The summed E-state index contributed by atoms with van der Waals surface area (Å²) in [7, 11) is 0. The van der Waals surface area contributed by atoms with Crippen molar-refractivity contribution in [1.82, 2.24) is 24.7 Å². The third-order valence-corrected chi connectivity index (χ3v) is 5.98. The molecular formula is C27H20ClF3N8O2. The minimum Gasteiger partial charge on any atom is -0.424 e. The number of hydrogen-bond acceptors (Lipinski definition) is 7. The molecule has 5 rings (SSSR count). The van der Waals surface area contributed by atoms with E-state index in [-0.39, 0.29) is 23.1 Å². The first kappa shape index (κ1) is 27.4. The number of alkyl halides is 3. The Hall–Kier alpha value is -5.17. The summed E-state index contributed by atoms with van der Waals surface area (Å²) in [5, 5.41) is 9.51. The average Bonchev–Trinajstić information content (AvgIpc) is 3.36. The number of carbonyl (C=O) groups is 1. The lowest BCUT2D eigenvalue weighted by atomic mass is 10.1. The number of nitrogens with two attached hydrogens (primary N) is 1. The second-order valence-corrected chi connectivity index (χ2v) is 9.10. The zero-order valence-corrected chi connectivity index (χ0v) is 21.9. The smallest absolute Gasteiger partial charge is 0.416 e. The molecule has 0 saturated carbocycles. The van der Waals surface area contributed by atoms with E-state index in [2.05, 4.69) is 30.7 Å². The van der Waals surface area contributed by atoms with Crippen molar-refractivity contribution in [3.05, 3.63) is 95.7 Å². The Kier molecular flexibility index (Phi) is 7.44. The third-order valence-electron chi connectivity index (χ3n) is 5.78. The molecule has 3 heterocycles. The number of hydrogen-bond donors (Lipinski definition) is 3. The second kappa shape index (κ2) is 11.1. The highest BCUT2D eigenvalue weighted by Gasteiger charge is 2.31. The molecule has 0 fully saturated rings. The molecule has 2 amide bonds. The molecule has 0 aliphatic rings. The first-order valence-electron chi connectivity index (χ1n) is 11.9. The van der Waals surface area contributed by atoms with Crippen molar-refractivity contribution in [3.63, 3.8) is 0 Å². The van der Waals surface area contributed by atoms with Gasteiger partial charge in [-0.25, -0.2) is 24.4 Å². The van der Waals surface area contributed by atoms with Crippen LogP contribution < -0.4 is 21.1 Å². The van der Waals surface area contributed by atoms with Crippen molar-refractivity contribution >= 4 is 34.8 Å². The van der Waals surface area contributed by atoms with Crippen LogP contribution in [0.4, 0.5) is 35.2 Å². The zero-order valence-electron chi connectivity index (χ0n) is 21.1. The Morgan fingerprint density at radius 3 is 2.37 bits per heavy atom. The Balaban J connectivity index is 1.26. The number of nitrogens with zero attached hydrogens (tertiary/aromatic N) is 5. The molecule has 10 nitrogen and oxygen atoms in total. The van der Waals surface area contributed by atoms with Crippen molar-refractivity contribution in [2.75, 3.05) is 16.4 Å². The highest BCUT2D eigenvalue weighted by Crippen LogP contribution is 2.34. The van der Waals surface area contributed by atoms with Crippen LogP contribution in [0.1, 0.15) is 11.3 Å². The van der Waals surface area contributed by atoms with E-state index in [1.807, 2.05) is 0 Å². The van der Waals surface area contributed by atoms with Gasteiger partial charge < -0.3 is 21.1 Å². The monoisotopic (exact) mass is 580 g/mol. The fourth-order valence-electron chi connectivity index (χ4n) is 3.83. The Labute approximate surface area is 236 Å². The van der Waals surface area contributed by atoms with Crippen molar-refractivity contribution in [2.24, 2.45) is 0 Å². The number of nitrogens with one attached hydrogen (secondary N) is 2. The van der Waals surface area contributed by atoms with E-state index in [0.717, 1.165) is 17.7 Å². The molecule has 3 aromatic heterocycles. The van der Waals surface area contributed by atoms with Crippen LogP contribution in [0.5, 0.6) is 11.8 Å². The number of nitrogen functional groups attached to an aromatic ring is 1. The van der Waals surface area contributed by atoms with Gasteiger partial charge in [0.25, 0.3) is 0 Å². The number of anilines is 3. The largest absolute Gasteiger partial charge is 0.424 e. The van der Waals surface area contributed by atoms with Gasteiger partial charge in [-0.05, 0) is 55.0 Å². The molecule has 0 radical (unpaired) electrons. The Morgan fingerprint density at radius 2 is 1.71 bits per heavy atom. The average molecular weight is 581 g/mol. The lowest BCUT2D eigenvalue weighted by Crippen LogP contribution is -2.21. The fourth-order valence-corrected chi connectivity index (χ4v) is 3.98. The van der Waals surface area contributed by atoms with Gasteiger partial charge in [-0.2, -0.15) is 18.3 Å². The molecular weight excluding hydrogens is 561 g/mol. The van der Waals surface area contributed by atoms with Crippen LogP contribution in [0.25, 0.3) is 16.8 Å². The van der Waals surface area contributed by atoms with Gasteiger partial charge in [0.15, 0.2) is 0 Å². The summed E-state index contributed by atoms with van der Waals surface area (Å²) < 4.78 is 47.1. The van der Waals surface area contributed by atoms with Gasteiger partial charge in [-0.3, -0.25) is 0 Å². The summed E-state index contributed by atoms with van der Waals surface area (Å²) in [4.78, 5) is 24.9. The normalized spacial score (nSPS) is 11.2. The standard InChI is InChI=1S/C27H20ClF3N8O2/c1-15-8-9-36-39(15)23-7-4-17(27(29,30)31)10-22(23)38-25(40)37-19-13-34-26(35-14-19)41-20-5-2-16(3-6-20)21-11-18(28)12-33-24(21)32/h2-14H,1H3,(H2,32,33)(H2,37,38,40). The van der Waals surface area contributed by atoms with E-state index in [1.165, 1.54) is 35.5 Å². The number of ether oxygens (including phenoxy) is 1. The maximum atomic E-state index is 13.3. The fraction of sp³-hybridized carbons (Fsp3) is 0.0741. The van der Waals surface area contributed by atoms with Gasteiger partial charge in [0.2, 0.25) is 0 Å². The molecule has 0 unspecified atom stereocenters. The molecule has 14 heteroatoms. The summed E-state index contributed by atoms with van der Waals surface area (Å²) >= 11 is 6.01. The van der Waals surface area contributed by atoms with E-state index in [4.69, 9.17) is 22.1 Å². The quantitative estimate of drug-likeness (QED) is 0.203. The molecule has 0 aliphatic heterocycles. The molecule has 0 atom stereocenters.